The number of nitrogens with one attached hydrogen (secondary N) is 3. The SMILES string of the molecule is NC(=O)c1c[nH]c2ccc(Nc3ncc(Br)c(Nc4ccc(F)cc4)n3)cc12. The number of nitrogens with zero attached hydrogens (tertiary/aromatic N) is 2. The first-order valence-corrected chi connectivity index (χ1v) is 9.02. The van der Waals surface area contributed by atoms with Crippen LogP contribution in [0.5, 0.6) is 0 Å². The Morgan fingerprint density at radius 3 is 2.61 bits per heavy atom. The summed E-state index contributed by atoms with van der Waals surface area (Å²) in [6.45, 7) is 0. The maximum Gasteiger partial charge on any atom is 0.250 e. The van der Waals surface area contributed by atoms with Crippen molar-refractivity contribution in [1.29, 1.82) is 0 Å². The molecule has 1 amide bonds. The summed E-state index contributed by atoms with van der Waals surface area (Å²) < 4.78 is 13.7. The van der Waals surface area contributed by atoms with Gasteiger partial charge in [0.25, 0.3) is 5.91 Å². The Balaban J connectivity index is 1.61. The van der Waals surface area contributed by atoms with E-state index < -0.39 is 5.91 Å². The monoisotopic (exact) mass is 440 g/mol. The van der Waals surface area contributed by atoms with E-state index in [0.29, 0.717) is 38.6 Å². The summed E-state index contributed by atoms with van der Waals surface area (Å²) in [5, 5.41) is 6.92. The van der Waals surface area contributed by atoms with Gasteiger partial charge in [0.1, 0.15) is 11.6 Å². The summed E-state index contributed by atoms with van der Waals surface area (Å²) >= 11 is 3.40. The van der Waals surface area contributed by atoms with Crippen LogP contribution < -0.4 is 16.4 Å². The molecule has 9 heteroatoms. The molecular weight excluding hydrogens is 427 g/mol. The maximum atomic E-state index is 13.1. The van der Waals surface area contributed by atoms with E-state index in [-0.39, 0.29) is 5.82 Å². The van der Waals surface area contributed by atoms with Crippen molar-refractivity contribution >= 4 is 55.9 Å². The number of halogens is 2. The molecule has 140 valence electrons. The fraction of sp³-hybridized carbons (Fsp3) is 0. The van der Waals surface area contributed by atoms with Gasteiger partial charge in [-0.25, -0.2) is 9.37 Å². The smallest absolute Gasteiger partial charge is 0.250 e. The van der Waals surface area contributed by atoms with Gasteiger partial charge in [-0.1, -0.05) is 0 Å². The lowest BCUT2D eigenvalue weighted by Crippen LogP contribution is -2.09. The number of aromatic amines is 1. The van der Waals surface area contributed by atoms with Gasteiger partial charge in [0.05, 0.1) is 10.0 Å². The van der Waals surface area contributed by atoms with Gasteiger partial charge in [-0.3, -0.25) is 4.79 Å². The minimum absolute atomic E-state index is 0.315. The van der Waals surface area contributed by atoms with Crippen LogP contribution in [0.25, 0.3) is 10.9 Å². The molecule has 0 aliphatic carbocycles. The molecule has 7 nitrogen and oxygen atoms in total. The highest BCUT2D eigenvalue weighted by molar-refractivity contribution is 9.10. The second kappa shape index (κ2) is 7.28. The predicted octanol–water partition coefficient (Wildman–Crippen LogP) is 4.45. The number of carbonyl (C=O) groups is 1. The zero-order chi connectivity index (χ0) is 19.7. The van der Waals surface area contributed by atoms with E-state index in [0.717, 1.165) is 5.52 Å². The molecule has 2 heterocycles. The molecule has 4 aromatic rings. The third-order valence-electron chi connectivity index (χ3n) is 4.05. The number of benzene rings is 2. The number of rotatable bonds is 5. The molecule has 4 rings (SSSR count). The fourth-order valence-electron chi connectivity index (χ4n) is 2.72. The maximum absolute atomic E-state index is 13.1. The average molecular weight is 441 g/mol. The van der Waals surface area contributed by atoms with Gasteiger partial charge in [0, 0.05) is 34.7 Å². The van der Waals surface area contributed by atoms with Gasteiger partial charge in [-0.2, -0.15) is 4.98 Å². The lowest BCUT2D eigenvalue weighted by Gasteiger charge is -2.10. The fourth-order valence-corrected chi connectivity index (χ4v) is 3.01. The highest BCUT2D eigenvalue weighted by atomic mass is 79.9. The van der Waals surface area contributed by atoms with Crippen molar-refractivity contribution in [2.45, 2.75) is 0 Å². The van der Waals surface area contributed by atoms with Crippen molar-refractivity contribution in [1.82, 2.24) is 15.0 Å². The Kier molecular flexibility index (Phi) is 4.66. The molecule has 0 fully saturated rings. The van der Waals surface area contributed by atoms with Gasteiger partial charge in [-0.05, 0) is 58.4 Å². The second-order valence-corrected chi connectivity index (χ2v) is 6.83. The number of fused-ring (bicyclic) bond motifs is 1. The molecular formula is C19H14BrFN6O. The van der Waals surface area contributed by atoms with E-state index in [1.807, 2.05) is 12.1 Å². The van der Waals surface area contributed by atoms with E-state index in [2.05, 4.69) is 41.5 Å². The lowest BCUT2D eigenvalue weighted by molar-refractivity contribution is 0.100. The van der Waals surface area contributed by atoms with Crippen LogP contribution in [0, 0.1) is 5.82 Å². The Labute approximate surface area is 167 Å². The third kappa shape index (κ3) is 3.65. The average Bonchev–Trinajstić information content (AvgIpc) is 3.10. The number of amides is 1. The van der Waals surface area contributed by atoms with Crippen LogP contribution in [0.3, 0.4) is 0 Å². The van der Waals surface area contributed by atoms with Crippen molar-refractivity contribution < 1.29 is 9.18 Å². The van der Waals surface area contributed by atoms with Crippen molar-refractivity contribution in [2.24, 2.45) is 5.73 Å². The van der Waals surface area contributed by atoms with Crippen LogP contribution >= 0.6 is 15.9 Å². The minimum Gasteiger partial charge on any atom is -0.366 e. The van der Waals surface area contributed by atoms with Gasteiger partial charge >= 0.3 is 0 Å². The Morgan fingerprint density at radius 2 is 1.86 bits per heavy atom. The van der Waals surface area contributed by atoms with Crippen LogP contribution in [-0.2, 0) is 0 Å². The molecule has 0 aliphatic rings. The molecule has 2 aromatic carbocycles. The predicted molar refractivity (Wildman–Crippen MR) is 110 cm³/mol. The summed E-state index contributed by atoms with van der Waals surface area (Å²) in [6.07, 6.45) is 3.18. The molecule has 0 radical (unpaired) electrons. The van der Waals surface area contributed by atoms with Gasteiger partial charge in [0.15, 0.2) is 0 Å². The zero-order valence-electron chi connectivity index (χ0n) is 14.3. The van der Waals surface area contributed by atoms with E-state index in [1.54, 1.807) is 30.6 Å². The van der Waals surface area contributed by atoms with Crippen LogP contribution in [0.15, 0.2) is 59.3 Å². The first kappa shape index (κ1) is 17.9. The van der Waals surface area contributed by atoms with Crippen molar-refractivity contribution in [3.8, 4) is 0 Å². The van der Waals surface area contributed by atoms with Crippen LogP contribution in [0.4, 0.5) is 27.5 Å². The molecule has 0 saturated carbocycles. The second-order valence-electron chi connectivity index (χ2n) is 5.97. The van der Waals surface area contributed by atoms with Gasteiger partial charge in [0.2, 0.25) is 5.95 Å². The quantitative estimate of drug-likeness (QED) is 0.366. The van der Waals surface area contributed by atoms with E-state index in [9.17, 15) is 9.18 Å². The van der Waals surface area contributed by atoms with Crippen molar-refractivity contribution in [3.05, 3.63) is 70.7 Å². The number of primary amides is 1. The first-order valence-electron chi connectivity index (χ1n) is 8.23. The molecule has 0 saturated heterocycles. The number of anilines is 4. The van der Waals surface area contributed by atoms with Gasteiger partial charge < -0.3 is 21.4 Å². The molecule has 28 heavy (non-hydrogen) atoms. The number of carbonyl (C=O) groups excluding carboxylic acids is 1. The van der Waals surface area contributed by atoms with Gasteiger partial charge in [-0.15, -0.1) is 0 Å². The van der Waals surface area contributed by atoms with E-state index in [4.69, 9.17) is 5.73 Å². The summed E-state index contributed by atoms with van der Waals surface area (Å²) in [5.74, 6) is 0.0483. The van der Waals surface area contributed by atoms with Crippen molar-refractivity contribution in [3.63, 3.8) is 0 Å². The highest BCUT2D eigenvalue weighted by Crippen LogP contribution is 2.27. The molecule has 0 unspecified atom stereocenters. The standard InChI is InChI=1S/C19H14BrFN6O/c20-15-9-24-19(27-18(15)25-11-3-1-10(21)2-4-11)26-12-5-6-16-13(7-12)14(8-23-16)17(22)28/h1-9,23H,(H2,22,28)(H2,24,25,26,27). The number of H-pyrrole nitrogens is 1. The lowest BCUT2D eigenvalue weighted by atomic mass is 10.1. The Morgan fingerprint density at radius 1 is 1.11 bits per heavy atom. The number of nitrogens with two attached hydrogens (primary N) is 1. The molecule has 0 bridgehead atoms. The molecule has 0 aliphatic heterocycles. The van der Waals surface area contributed by atoms with Crippen LogP contribution in [0.2, 0.25) is 0 Å². The number of aromatic nitrogens is 3. The van der Waals surface area contributed by atoms with Crippen molar-refractivity contribution in [2.75, 3.05) is 10.6 Å². The van der Waals surface area contributed by atoms with Crippen LogP contribution in [0.1, 0.15) is 10.4 Å². The largest absolute Gasteiger partial charge is 0.366 e. The number of hydrogen-bond acceptors (Lipinski definition) is 5. The molecule has 0 atom stereocenters. The van der Waals surface area contributed by atoms with Crippen LogP contribution in [-0.4, -0.2) is 20.9 Å². The molecule has 5 N–H and O–H groups in total. The molecule has 2 aromatic heterocycles. The Bertz CT molecular complexity index is 1170. The molecule has 0 spiro atoms. The highest BCUT2D eigenvalue weighted by Gasteiger charge is 2.11. The van der Waals surface area contributed by atoms with E-state index >= 15 is 0 Å². The summed E-state index contributed by atoms with van der Waals surface area (Å²) in [6, 6.07) is 11.4. The third-order valence-corrected chi connectivity index (χ3v) is 4.63. The summed E-state index contributed by atoms with van der Waals surface area (Å²) in [5.41, 5.74) is 8.00. The minimum atomic E-state index is -0.505. The normalized spacial score (nSPS) is 10.8. The topological polar surface area (TPSA) is 109 Å². The van der Waals surface area contributed by atoms with E-state index in [1.165, 1.54) is 12.1 Å². The number of hydrogen-bond donors (Lipinski definition) is 4. The Hall–Kier alpha value is -3.46. The first-order chi connectivity index (χ1) is 13.5. The summed E-state index contributed by atoms with van der Waals surface area (Å²) in [4.78, 5) is 23.2. The zero-order valence-corrected chi connectivity index (χ0v) is 15.9. The summed E-state index contributed by atoms with van der Waals surface area (Å²) in [7, 11) is 0.